The van der Waals surface area contributed by atoms with E-state index < -0.39 is 83.2 Å². The van der Waals surface area contributed by atoms with Crippen LogP contribution in [0.1, 0.15) is 34.3 Å². The van der Waals surface area contributed by atoms with Crippen molar-refractivity contribution in [1.82, 2.24) is 5.32 Å². The molecule has 5 rings (SSSR count). The van der Waals surface area contributed by atoms with Gasteiger partial charge in [0.05, 0.1) is 18.0 Å². The summed E-state index contributed by atoms with van der Waals surface area (Å²) in [5.74, 6) is -10.9. The van der Waals surface area contributed by atoms with Gasteiger partial charge in [-0.15, -0.1) is 0 Å². The fraction of sp³-hybridized carbons (Fsp3) is 0.393. The van der Waals surface area contributed by atoms with Crippen molar-refractivity contribution in [3.05, 3.63) is 53.1 Å². The molecule has 40 heavy (non-hydrogen) atoms. The molecule has 3 aliphatic rings. The lowest BCUT2D eigenvalue weighted by Crippen LogP contribution is -2.68. The van der Waals surface area contributed by atoms with Gasteiger partial charge >= 0.3 is 6.18 Å². The van der Waals surface area contributed by atoms with Crippen LogP contribution in [-0.4, -0.2) is 57.6 Å². The molecule has 12 heteroatoms. The smallest absolute Gasteiger partial charge is 0.401 e. The molecule has 0 aliphatic heterocycles. The number of amides is 1. The molecule has 2 aromatic rings. The first-order valence-corrected chi connectivity index (χ1v) is 12.6. The van der Waals surface area contributed by atoms with Crippen LogP contribution in [0.25, 0.3) is 11.1 Å². The molecule has 0 saturated heterocycles. The van der Waals surface area contributed by atoms with Crippen molar-refractivity contribution in [1.29, 1.82) is 0 Å². The van der Waals surface area contributed by atoms with Gasteiger partial charge in [0.1, 0.15) is 5.75 Å². The molecule has 210 valence electrons. The summed E-state index contributed by atoms with van der Waals surface area (Å²) in [5.41, 5.74) is 4.56. The summed E-state index contributed by atoms with van der Waals surface area (Å²) < 4.78 is 37.2. The van der Waals surface area contributed by atoms with Crippen LogP contribution in [0.4, 0.5) is 13.2 Å². The minimum absolute atomic E-state index is 0.0177. The minimum atomic E-state index is -4.34. The monoisotopic (exact) mass is 558 g/mol. The number of aromatic hydroxyl groups is 1. The first-order valence-electron chi connectivity index (χ1n) is 12.6. The number of hydrogen-bond donors (Lipinski definition) is 4. The van der Waals surface area contributed by atoms with Crippen LogP contribution in [-0.2, 0) is 32.1 Å². The molecule has 1 amide bonds. The summed E-state index contributed by atoms with van der Waals surface area (Å²) in [6.07, 6.45) is -4.68. The van der Waals surface area contributed by atoms with E-state index in [9.17, 15) is 47.4 Å². The summed E-state index contributed by atoms with van der Waals surface area (Å²) in [6.45, 7) is -1.16. The Morgan fingerprint density at radius 3 is 2.33 bits per heavy atom. The summed E-state index contributed by atoms with van der Waals surface area (Å²) in [7, 11) is 0. The van der Waals surface area contributed by atoms with Crippen LogP contribution in [0.5, 0.6) is 5.75 Å². The number of hydrogen-bond acceptors (Lipinski definition) is 8. The third kappa shape index (κ3) is 4.40. The number of carbonyl (C=O) groups excluding carboxylic acids is 5. The van der Waals surface area contributed by atoms with Gasteiger partial charge in [-0.1, -0.05) is 30.3 Å². The predicted molar refractivity (Wildman–Crippen MR) is 132 cm³/mol. The van der Waals surface area contributed by atoms with Crippen LogP contribution in [0.3, 0.4) is 0 Å². The number of fused-ring (bicyclic) bond motifs is 3. The molecular formula is C28H25F3N2O7. The van der Waals surface area contributed by atoms with Crippen molar-refractivity contribution < 1.29 is 47.4 Å². The number of phenolic OH excluding ortho intramolecular Hbond substituents is 1. The quantitative estimate of drug-likeness (QED) is 0.403. The molecule has 2 saturated carbocycles. The molecule has 5 atom stereocenters. The molecule has 3 aliphatic carbocycles. The van der Waals surface area contributed by atoms with Crippen LogP contribution in [0, 0.1) is 23.7 Å². The zero-order chi connectivity index (χ0) is 29.1. The second kappa shape index (κ2) is 9.63. The Hall–Kier alpha value is -3.90. The van der Waals surface area contributed by atoms with Crippen molar-refractivity contribution in [3.63, 3.8) is 0 Å². The fourth-order valence-corrected chi connectivity index (χ4v) is 6.39. The molecule has 2 fully saturated rings. The van der Waals surface area contributed by atoms with Crippen LogP contribution in [0.2, 0.25) is 0 Å². The minimum Gasteiger partial charge on any atom is -0.507 e. The molecule has 0 aromatic heterocycles. The Balaban J connectivity index is 1.48. The van der Waals surface area contributed by atoms with Gasteiger partial charge in [-0.25, -0.2) is 0 Å². The van der Waals surface area contributed by atoms with Gasteiger partial charge in [-0.05, 0) is 47.1 Å². The Bertz CT molecular complexity index is 1450. The Morgan fingerprint density at radius 1 is 1.02 bits per heavy atom. The molecule has 2 aromatic carbocycles. The van der Waals surface area contributed by atoms with E-state index in [1.807, 2.05) is 0 Å². The molecule has 0 radical (unpaired) electrons. The average molecular weight is 559 g/mol. The number of nitrogens with one attached hydrogen (secondary N) is 1. The van der Waals surface area contributed by atoms with Gasteiger partial charge in [0.25, 0.3) is 0 Å². The highest BCUT2D eigenvalue weighted by molar-refractivity contribution is 6.31. The molecule has 0 heterocycles. The Kier molecular flexibility index (Phi) is 6.66. The van der Waals surface area contributed by atoms with E-state index in [1.165, 1.54) is 6.07 Å². The normalized spacial score (nSPS) is 28.1. The van der Waals surface area contributed by atoms with E-state index in [2.05, 4.69) is 5.32 Å². The molecule has 5 N–H and O–H groups in total. The summed E-state index contributed by atoms with van der Waals surface area (Å²) in [6, 6.07) is 9.46. The Labute approximate surface area is 225 Å². The highest BCUT2D eigenvalue weighted by atomic mass is 19.4. The lowest BCUT2D eigenvalue weighted by molar-refractivity contribution is -0.175. The number of alkyl halides is 3. The lowest BCUT2D eigenvalue weighted by atomic mass is 9.53. The number of primary amides is 1. The van der Waals surface area contributed by atoms with Gasteiger partial charge in [0.2, 0.25) is 5.91 Å². The topological polar surface area (TPSA) is 164 Å². The SMILES string of the molecule is NC(=O)C1C(=O)C[C@@H]2C[C@@H]3Cc4c(-c5ccc(CNCC(F)(F)F)cc5)ccc(O)c4C(=O)C3C(=O)[C@]2(O)C1=O. The van der Waals surface area contributed by atoms with E-state index in [0.29, 0.717) is 22.3 Å². The predicted octanol–water partition coefficient (Wildman–Crippen LogP) is 1.65. The number of aliphatic hydroxyl groups is 1. The Morgan fingerprint density at radius 2 is 1.70 bits per heavy atom. The van der Waals surface area contributed by atoms with Crippen molar-refractivity contribution in [2.24, 2.45) is 29.4 Å². The van der Waals surface area contributed by atoms with E-state index in [-0.39, 0.29) is 24.9 Å². The number of ketones is 4. The highest BCUT2D eigenvalue weighted by Crippen LogP contribution is 2.51. The third-order valence-corrected chi connectivity index (χ3v) is 8.21. The first kappa shape index (κ1) is 27.7. The van der Waals surface area contributed by atoms with Crippen LogP contribution >= 0.6 is 0 Å². The van der Waals surface area contributed by atoms with Crippen molar-refractivity contribution in [2.45, 2.75) is 37.6 Å². The van der Waals surface area contributed by atoms with Gasteiger partial charge in [-0.3, -0.25) is 24.0 Å². The maximum absolute atomic E-state index is 13.7. The number of rotatable bonds is 5. The average Bonchev–Trinajstić information content (AvgIpc) is 2.86. The zero-order valence-electron chi connectivity index (χ0n) is 21.0. The van der Waals surface area contributed by atoms with Gasteiger partial charge < -0.3 is 21.3 Å². The van der Waals surface area contributed by atoms with Gasteiger partial charge in [-0.2, -0.15) is 13.2 Å². The summed E-state index contributed by atoms with van der Waals surface area (Å²) >= 11 is 0. The van der Waals surface area contributed by atoms with Crippen LogP contribution in [0.15, 0.2) is 36.4 Å². The van der Waals surface area contributed by atoms with E-state index in [4.69, 9.17) is 5.73 Å². The number of benzene rings is 2. The number of halogens is 3. The lowest BCUT2D eigenvalue weighted by Gasteiger charge is -2.48. The largest absolute Gasteiger partial charge is 0.507 e. The number of phenols is 1. The summed E-state index contributed by atoms with van der Waals surface area (Å²) in [5, 5.41) is 24.2. The zero-order valence-corrected chi connectivity index (χ0v) is 21.0. The number of nitrogens with two attached hydrogens (primary N) is 1. The van der Waals surface area contributed by atoms with E-state index in [0.717, 1.165) is 0 Å². The maximum atomic E-state index is 13.7. The molecule has 0 bridgehead atoms. The molecule has 2 unspecified atom stereocenters. The second-order valence-corrected chi connectivity index (χ2v) is 10.6. The van der Waals surface area contributed by atoms with Crippen molar-refractivity contribution >= 4 is 29.0 Å². The fourth-order valence-electron chi connectivity index (χ4n) is 6.39. The van der Waals surface area contributed by atoms with Crippen molar-refractivity contribution in [3.8, 4) is 16.9 Å². The molecule has 0 spiro atoms. The summed E-state index contributed by atoms with van der Waals surface area (Å²) in [4.78, 5) is 64.5. The third-order valence-electron chi connectivity index (χ3n) is 8.21. The van der Waals surface area contributed by atoms with Gasteiger partial charge in [0, 0.05) is 18.9 Å². The van der Waals surface area contributed by atoms with Crippen molar-refractivity contribution in [2.75, 3.05) is 6.54 Å². The second-order valence-electron chi connectivity index (χ2n) is 10.6. The number of Topliss-reactive ketones (excluding diaryl/α,β-unsaturated/α-hetero) is 4. The molecule has 9 nitrogen and oxygen atoms in total. The van der Waals surface area contributed by atoms with Gasteiger partial charge in [0.15, 0.2) is 34.7 Å². The number of carbonyl (C=O) groups is 5. The first-order chi connectivity index (χ1) is 18.7. The van der Waals surface area contributed by atoms with E-state index in [1.54, 1.807) is 30.3 Å². The maximum Gasteiger partial charge on any atom is 0.401 e. The van der Waals surface area contributed by atoms with Crippen LogP contribution < -0.4 is 11.1 Å². The molecular weight excluding hydrogens is 533 g/mol. The highest BCUT2D eigenvalue weighted by Gasteiger charge is 2.66. The standard InChI is InChI=1S/C28H25F3N2O7/c29-27(30,31)11-33-10-12-1-3-13(4-2-12)16-5-6-18(34)21-17(16)8-14-7-15-9-19(35)22(26(32)39)25(38)28(15,40)24(37)20(14)23(21)36/h1-6,14-15,20,22,33-34,40H,7-11H2,(H2,32,39)/t14-,15+,20?,22?,28+/m1/s1. The van der Waals surface area contributed by atoms with E-state index >= 15 is 0 Å².